The van der Waals surface area contributed by atoms with Gasteiger partial charge >= 0.3 is 0 Å². The molecule has 0 radical (unpaired) electrons. The molecule has 0 amide bonds. The van der Waals surface area contributed by atoms with Gasteiger partial charge in [-0.1, -0.05) is 6.07 Å². The first-order valence-electron chi connectivity index (χ1n) is 5.69. The first-order chi connectivity index (χ1) is 7.84. The highest BCUT2D eigenvalue weighted by Gasteiger charge is 2.23. The summed E-state index contributed by atoms with van der Waals surface area (Å²) < 4.78 is 6.78. The van der Waals surface area contributed by atoms with Crippen molar-refractivity contribution in [1.29, 1.82) is 0 Å². The van der Waals surface area contributed by atoms with Crippen LogP contribution in [0.4, 0.5) is 0 Å². The van der Waals surface area contributed by atoms with Crippen molar-refractivity contribution in [2.45, 2.75) is 45.4 Å². The highest BCUT2D eigenvalue weighted by atomic mass is 79.9. The van der Waals surface area contributed by atoms with Crippen LogP contribution in [-0.4, -0.2) is 16.8 Å². The number of hydrogen-bond donors (Lipinski definition) is 2. The average Bonchev–Trinajstić information content (AvgIpc) is 2.18. The fourth-order valence-corrected chi connectivity index (χ4v) is 2.31. The Morgan fingerprint density at radius 3 is 2.59 bits per heavy atom. The average molecular weight is 302 g/mol. The van der Waals surface area contributed by atoms with Crippen LogP contribution in [0, 0.1) is 0 Å². The molecule has 0 aliphatic carbocycles. The maximum Gasteiger partial charge on any atom is 0.134 e. The van der Waals surface area contributed by atoms with Crippen LogP contribution in [0.5, 0.6) is 5.75 Å². The number of hydrogen-bond acceptors (Lipinski definition) is 3. The lowest BCUT2D eigenvalue weighted by Gasteiger charge is -2.28. The molecule has 0 saturated carbocycles. The standard InChI is InChI=1S/C13H20BrNO2/c1-9(16)7-13(2,3)17-12-5-4-10(8-15)6-11(12)14/h4-6,9,16H,7-8,15H2,1-3H3. The Morgan fingerprint density at radius 1 is 1.47 bits per heavy atom. The van der Waals surface area contributed by atoms with Gasteiger partial charge < -0.3 is 15.6 Å². The predicted octanol–water partition coefficient (Wildman–Crippen LogP) is 2.84. The SMILES string of the molecule is CC(O)CC(C)(C)Oc1ccc(CN)cc1Br. The van der Waals surface area contributed by atoms with E-state index >= 15 is 0 Å². The fourth-order valence-electron chi connectivity index (χ4n) is 1.80. The first kappa shape index (κ1) is 14.5. The van der Waals surface area contributed by atoms with Crippen LogP contribution in [0.2, 0.25) is 0 Å². The van der Waals surface area contributed by atoms with Crippen molar-refractivity contribution in [1.82, 2.24) is 0 Å². The molecule has 0 aliphatic rings. The molecule has 4 heteroatoms. The normalized spacial score (nSPS) is 13.5. The topological polar surface area (TPSA) is 55.5 Å². The van der Waals surface area contributed by atoms with Gasteiger partial charge in [0, 0.05) is 13.0 Å². The Labute approximate surface area is 111 Å². The van der Waals surface area contributed by atoms with E-state index in [9.17, 15) is 5.11 Å². The zero-order valence-corrected chi connectivity index (χ0v) is 12.1. The molecule has 0 spiro atoms. The van der Waals surface area contributed by atoms with E-state index in [2.05, 4.69) is 15.9 Å². The Kier molecular flexibility index (Phi) is 4.98. The van der Waals surface area contributed by atoms with E-state index in [4.69, 9.17) is 10.5 Å². The Bertz CT molecular complexity index is 378. The van der Waals surface area contributed by atoms with Crippen LogP contribution < -0.4 is 10.5 Å². The largest absolute Gasteiger partial charge is 0.487 e. The van der Waals surface area contributed by atoms with E-state index < -0.39 is 5.60 Å². The summed E-state index contributed by atoms with van der Waals surface area (Å²) in [6.45, 7) is 6.19. The second kappa shape index (κ2) is 5.85. The van der Waals surface area contributed by atoms with Crippen LogP contribution in [0.25, 0.3) is 0 Å². The van der Waals surface area contributed by atoms with Crippen LogP contribution in [-0.2, 0) is 6.54 Å². The first-order valence-corrected chi connectivity index (χ1v) is 6.49. The molecule has 0 heterocycles. The molecular weight excluding hydrogens is 282 g/mol. The van der Waals surface area contributed by atoms with Gasteiger partial charge in [-0.2, -0.15) is 0 Å². The van der Waals surface area contributed by atoms with Gasteiger partial charge in [0.05, 0.1) is 10.6 Å². The van der Waals surface area contributed by atoms with Gasteiger partial charge in [0.1, 0.15) is 11.4 Å². The van der Waals surface area contributed by atoms with Gasteiger partial charge in [-0.25, -0.2) is 0 Å². The molecule has 1 rings (SSSR count). The predicted molar refractivity (Wildman–Crippen MR) is 73.0 cm³/mol. The lowest BCUT2D eigenvalue weighted by Crippen LogP contribution is -2.32. The van der Waals surface area contributed by atoms with Crippen molar-refractivity contribution in [3.05, 3.63) is 28.2 Å². The third-order valence-electron chi connectivity index (χ3n) is 2.41. The fraction of sp³-hybridized carbons (Fsp3) is 0.538. The number of nitrogens with two attached hydrogens (primary N) is 1. The zero-order chi connectivity index (χ0) is 13.1. The summed E-state index contributed by atoms with van der Waals surface area (Å²) in [6, 6.07) is 5.79. The Morgan fingerprint density at radius 2 is 2.12 bits per heavy atom. The van der Waals surface area contributed by atoms with Crippen LogP contribution in [0.1, 0.15) is 32.8 Å². The molecule has 1 atom stereocenters. The molecule has 1 aromatic carbocycles. The van der Waals surface area contributed by atoms with E-state index in [1.165, 1.54) is 0 Å². The Hall–Kier alpha value is -0.580. The van der Waals surface area contributed by atoms with E-state index in [0.29, 0.717) is 13.0 Å². The molecule has 3 N–H and O–H groups in total. The quantitative estimate of drug-likeness (QED) is 0.879. The minimum atomic E-state index is -0.402. The van der Waals surface area contributed by atoms with E-state index in [1.807, 2.05) is 32.0 Å². The van der Waals surface area contributed by atoms with Crippen LogP contribution in [0.15, 0.2) is 22.7 Å². The minimum Gasteiger partial charge on any atom is -0.487 e. The highest BCUT2D eigenvalue weighted by molar-refractivity contribution is 9.10. The Balaban J connectivity index is 2.81. The summed E-state index contributed by atoms with van der Waals surface area (Å²) in [5.41, 5.74) is 6.22. The molecule has 0 aromatic heterocycles. The van der Waals surface area contributed by atoms with Gasteiger partial charge in [-0.15, -0.1) is 0 Å². The summed E-state index contributed by atoms with van der Waals surface area (Å²) in [4.78, 5) is 0. The number of rotatable bonds is 5. The molecule has 17 heavy (non-hydrogen) atoms. The van der Waals surface area contributed by atoms with Gasteiger partial charge in [0.25, 0.3) is 0 Å². The highest BCUT2D eigenvalue weighted by Crippen LogP contribution is 2.30. The van der Waals surface area contributed by atoms with Crippen LogP contribution in [0.3, 0.4) is 0 Å². The summed E-state index contributed by atoms with van der Waals surface area (Å²) in [7, 11) is 0. The van der Waals surface area contributed by atoms with E-state index in [0.717, 1.165) is 15.8 Å². The maximum atomic E-state index is 9.41. The second-order valence-corrected chi connectivity index (χ2v) is 5.74. The van der Waals surface area contributed by atoms with Gasteiger partial charge in [0.2, 0.25) is 0 Å². The molecule has 1 unspecified atom stereocenters. The zero-order valence-electron chi connectivity index (χ0n) is 10.5. The second-order valence-electron chi connectivity index (χ2n) is 4.88. The molecule has 0 saturated heterocycles. The lowest BCUT2D eigenvalue weighted by molar-refractivity contribution is 0.0450. The number of benzene rings is 1. The van der Waals surface area contributed by atoms with Crippen LogP contribution >= 0.6 is 15.9 Å². The number of aliphatic hydroxyl groups is 1. The van der Waals surface area contributed by atoms with Crippen molar-refractivity contribution in [3.8, 4) is 5.75 Å². The molecule has 0 bridgehead atoms. The number of ether oxygens (including phenoxy) is 1. The third kappa shape index (κ3) is 4.66. The minimum absolute atomic E-state index is 0.382. The molecular formula is C13H20BrNO2. The van der Waals surface area contributed by atoms with Gasteiger partial charge in [-0.3, -0.25) is 0 Å². The molecule has 1 aromatic rings. The number of halogens is 1. The smallest absolute Gasteiger partial charge is 0.134 e. The molecule has 96 valence electrons. The van der Waals surface area contributed by atoms with Crippen molar-refractivity contribution in [3.63, 3.8) is 0 Å². The summed E-state index contributed by atoms with van der Waals surface area (Å²) in [6.07, 6.45) is 0.199. The monoisotopic (exact) mass is 301 g/mol. The molecule has 0 aliphatic heterocycles. The van der Waals surface area contributed by atoms with Crippen molar-refractivity contribution >= 4 is 15.9 Å². The number of aliphatic hydroxyl groups excluding tert-OH is 1. The van der Waals surface area contributed by atoms with E-state index in [1.54, 1.807) is 6.92 Å². The summed E-state index contributed by atoms with van der Waals surface area (Å²) in [5, 5.41) is 9.41. The van der Waals surface area contributed by atoms with Gasteiger partial charge in [0.15, 0.2) is 0 Å². The molecule has 3 nitrogen and oxygen atoms in total. The summed E-state index contributed by atoms with van der Waals surface area (Å²) in [5.74, 6) is 0.771. The van der Waals surface area contributed by atoms with Gasteiger partial charge in [-0.05, 0) is 54.4 Å². The van der Waals surface area contributed by atoms with Crippen molar-refractivity contribution in [2.75, 3.05) is 0 Å². The van der Waals surface area contributed by atoms with Crippen molar-refractivity contribution in [2.24, 2.45) is 5.73 Å². The maximum absolute atomic E-state index is 9.41. The lowest BCUT2D eigenvalue weighted by atomic mass is 10.0. The molecule has 0 fully saturated rings. The van der Waals surface area contributed by atoms with Crippen molar-refractivity contribution < 1.29 is 9.84 Å². The van der Waals surface area contributed by atoms with E-state index in [-0.39, 0.29) is 6.10 Å². The summed E-state index contributed by atoms with van der Waals surface area (Å²) >= 11 is 3.46. The third-order valence-corrected chi connectivity index (χ3v) is 3.02.